The number of halogens is 1. The van der Waals surface area contributed by atoms with Crippen LogP contribution in [0, 0.1) is 0 Å². The predicted molar refractivity (Wildman–Crippen MR) is 123 cm³/mol. The van der Waals surface area contributed by atoms with Crippen molar-refractivity contribution in [3.63, 3.8) is 0 Å². The van der Waals surface area contributed by atoms with Crippen LogP contribution in [0.4, 0.5) is 0 Å². The van der Waals surface area contributed by atoms with Gasteiger partial charge in [0.2, 0.25) is 0 Å². The second-order valence-corrected chi connectivity index (χ2v) is 8.54. The first-order chi connectivity index (χ1) is 15.5. The number of ketones is 1. The molecule has 1 aliphatic heterocycles. The third kappa shape index (κ3) is 4.50. The third-order valence-electron chi connectivity index (χ3n) is 6.04. The molecule has 6 heteroatoms. The molecule has 2 aliphatic rings. The number of dihydropyridines is 1. The number of carbonyl (C=O) groups is 2. The number of methoxy groups -OCH3 is 1. The van der Waals surface area contributed by atoms with Gasteiger partial charge in [-0.1, -0.05) is 54.1 Å². The van der Waals surface area contributed by atoms with Crippen LogP contribution in [-0.4, -0.2) is 32.1 Å². The van der Waals surface area contributed by atoms with Crippen LogP contribution in [0.3, 0.4) is 0 Å². The summed E-state index contributed by atoms with van der Waals surface area (Å²) >= 11 is 6.11. The maximum absolute atomic E-state index is 13.5. The minimum absolute atomic E-state index is 0.0437. The van der Waals surface area contributed by atoms with Gasteiger partial charge >= 0.3 is 5.97 Å². The Morgan fingerprint density at radius 2 is 1.75 bits per heavy atom. The Kier molecular flexibility index (Phi) is 6.77. The van der Waals surface area contributed by atoms with Crippen molar-refractivity contribution in [3.05, 3.63) is 93.3 Å². The molecule has 0 saturated carbocycles. The first kappa shape index (κ1) is 22.3. The normalized spacial score (nSPS) is 20.7. The van der Waals surface area contributed by atoms with Crippen LogP contribution in [0.1, 0.15) is 42.7 Å². The van der Waals surface area contributed by atoms with Crippen molar-refractivity contribution in [2.75, 3.05) is 20.3 Å². The van der Waals surface area contributed by atoms with Crippen molar-refractivity contribution in [1.82, 2.24) is 5.32 Å². The molecule has 166 valence electrons. The zero-order valence-electron chi connectivity index (χ0n) is 18.2. The largest absolute Gasteiger partial charge is 0.460 e. The summed E-state index contributed by atoms with van der Waals surface area (Å²) in [5.41, 5.74) is 4.66. The molecule has 2 unspecified atom stereocenters. The Bertz CT molecular complexity index is 1070. The van der Waals surface area contributed by atoms with Crippen LogP contribution < -0.4 is 5.32 Å². The van der Waals surface area contributed by atoms with Gasteiger partial charge in [0.05, 0.1) is 12.2 Å². The SMILES string of the molecule is COCCOC(=O)C1=C(C)NC2=C(C(=O)CC(c3ccccc3)C2)C1c1ccc(Cl)cc1. The molecule has 4 rings (SSSR count). The van der Waals surface area contributed by atoms with Crippen molar-refractivity contribution in [1.29, 1.82) is 0 Å². The van der Waals surface area contributed by atoms with E-state index < -0.39 is 11.9 Å². The highest BCUT2D eigenvalue weighted by atomic mass is 35.5. The van der Waals surface area contributed by atoms with Crippen molar-refractivity contribution >= 4 is 23.4 Å². The number of nitrogens with one attached hydrogen (secondary N) is 1. The minimum Gasteiger partial charge on any atom is -0.460 e. The number of rotatable bonds is 6. The lowest BCUT2D eigenvalue weighted by Crippen LogP contribution is -2.36. The molecule has 0 bridgehead atoms. The number of Topliss-reactive ketones (excluding diaryl/α,β-unsaturated/α-hetero) is 1. The summed E-state index contributed by atoms with van der Waals surface area (Å²) in [6.07, 6.45) is 1.11. The molecule has 0 amide bonds. The molecule has 1 aliphatic carbocycles. The molecule has 5 nitrogen and oxygen atoms in total. The van der Waals surface area contributed by atoms with Gasteiger partial charge < -0.3 is 14.8 Å². The molecule has 2 aromatic carbocycles. The summed E-state index contributed by atoms with van der Waals surface area (Å²) < 4.78 is 10.5. The Morgan fingerprint density at radius 1 is 1.03 bits per heavy atom. The van der Waals surface area contributed by atoms with E-state index in [1.54, 1.807) is 19.2 Å². The highest BCUT2D eigenvalue weighted by Gasteiger charge is 2.41. The van der Waals surface area contributed by atoms with Crippen LogP contribution in [0.5, 0.6) is 0 Å². The lowest BCUT2D eigenvalue weighted by Gasteiger charge is -2.36. The van der Waals surface area contributed by atoms with Gasteiger partial charge in [0.15, 0.2) is 5.78 Å². The van der Waals surface area contributed by atoms with Gasteiger partial charge in [0.1, 0.15) is 6.61 Å². The molecule has 1 heterocycles. The standard InChI is InChI=1S/C26H26ClNO4/c1-16-23(26(30)32-13-12-31-2)24(18-8-10-20(27)11-9-18)25-21(28-16)14-19(15-22(25)29)17-6-4-3-5-7-17/h3-11,19,24,28H,12-15H2,1-2H3. The third-order valence-corrected chi connectivity index (χ3v) is 6.29. The quantitative estimate of drug-likeness (QED) is 0.500. The van der Waals surface area contributed by atoms with Crippen LogP contribution >= 0.6 is 11.6 Å². The van der Waals surface area contributed by atoms with Crippen LogP contribution in [0.2, 0.25) is 5.02 Å². The van der Waals surface area contributed by atoms with E-state index in [1.165, 1.54) is 0 Å². The number of hydrogen-bond donors (Lipinski definition) is 1. The van der Waals surface area contributed by atoms with E-state index in [0.29, 0.717) is 41.3 Å². The van der Waals surface area contributed by atoms with Crippen LogP contribution in [-0.2, 0) is 19.1 Å². The Hall–Kier alpha value is -2.89. The van der Waals surface area contributed by atoms with Crippen LogP contribution in [0.25, 0.3) is 0 Å². The monoisotopic (exact) mass is 451 g/mol. The number of esters is 1. The average molecular weight is 452 g/mol. The molecule has 1 N–H and O–H groups in total. The topological polar surface area (TPSA) is 64.6 Å². The van der Waals surface area contributed by atoms with E-state index in [9.17, 15) is 9.59 Å². The number of ether oxygens (including phenoxy) is 2. The molecular weight excluding hydrogens is 426 g/mol. The molecule has 2 aromatic rings. The molecule has 32 heavy (non-hydrogen) atoms. The van der Waals surface area contributed by atoms with Crippen molar-refractivity contribution < 1.29 is 19.1 Å². The van der Waals surface area contributed by atoms with E-state index in [1.807, 2.05) is 37.3 Å². The predicted octanol–water partition coefficient (Wildman–Crippen LogP) is 4.89. The summed E-state index contributed by atoms with van der Waals surface area (Å²) in [6.45, 7) is 2.31. The fourth-order valence-corrected chi connectivity index (χ4v) is 4.68. The van der Waals surface area contributed by atoms with Gasteiger partial charge in [-0.25, -0.2) is 4.79 Å². The fourth-order valence-electron chi connectivity index (χ4n) is 4.55. The summed E-state index contributed by atoms with van der Waals surface area (Å²) in [4.78, 5) is 26.5. The van der Waals surface area contributed by atoms with E-state index in [-0.39, 0.29) is 18.3 Å². The van der Waals surface area contributed by atoms with Gasteiger partial charge in [-0.05, 0) is 42.5 Å². The van der Waals surface area contributed by atoms with E-state index in [4.69, 9.17) is 21.1 Å². The molecular formula is C26H26ClNO4. The van der Waals surface area contributed by atoms with Gasteiger partial charge in [0, 0.05) is 41.4 Å². The van der Waals surface area contributed by atoms with Gasteiger partial charge in [-0.3, -0.25) is 4.79 Å². The zero-order valence-corrected chi connectivity index (χ0v) is 18.9. The van der Waals surface area contributed by atoms with E-state index in [0.717, 1.165) is 16.8 Å². The lowest BCUT2D eigenvalue weighted by atomic mass is 9.72. The van der Waals surface area contributed by atoms with Crippen molar-refractivity contribution in [3.8, 4) is 0 Å². The molecule has 0 saturated heterocycles. The second-order valence-electron chi connectivity index (χ2n) is 8.11. The molecule has 0 spiro atoms. The second kappa shape index (κ2) is 9.72. The van der Waals surface area contributed by atoms with Crippen LogP contribution in [0.15, 0.2) is 77.1 Å². The summed E-state index contributed by atoms with van der Waals surface area (Å²) in [5.74, 6) is -0.801. The van der Waals surface area contributed by atoms with Gasteiger partial charge in [-0.2, -0.15) is 0 Å². The minimum atomic E-state index is -0.497. The number of allylic oxidation sites excluding steroid dienone is 3. The summed E-state index contributed by atoms with van der Waals surface area (Å²) in [7, 11) is 1.55. The number of benzene rings is 2. The van der Waals surface area contributed by atoms with Gasteiger partial charge in [0.25, 0.3) is 0 Å². The van der Waals surface area contributed by atoms with Crippen molar-refractivity contribution in [2.45, 2.75) is 31.6 Å². The average Bonchev–Trinajstić information content (AvgIpc) is 2.79. The Balaban J connectivity index is 1.74. The Morgan fingerprint density at radius 3 is 2.44 bits per heavy atom. The maximum atomic E-state index is 13.5. The highest BCUT2D eigenvalue weighted by molar-refractivity contribution is 6.30. The Labute approximate surface area is 193 Å². The summed E-state index contributed by atoms with van der Waals surface area (Å²) in [5, 5.41) is 3.96. The first-order valence-electron chi connectivity index (χ1n) is 10.7. The van der Waals surface area contributed by atoms with E-state index in [2.05, 4.69) is 17.4 Å². The highest BCUT2D eigenvalue weighted by Crippen LogP contribution is 2.45. The number of carbonyl (C=O) groups excluding carboxylic acids is 2. The number of hydrogen-bond acceptors (Lipinski definition) is 5. The van der Waals surface area contributed by atoms with Crippen molar-refractivity contribution in [2.24, 2.45) is 0 Å². The molecule has 2 atom stereocenters. The smallest absolute Gasteiger partial charge is 0.336 e. The lowest BCUT2D eigenvalue weighted by molar-refractivity contribution is -0.140. The maximum Gasteiger partial charge on any atom is 0.336 e. The molecule has 0 radical (unpaired) electrons. The first-order valence-corrected chi connectivity index (χ1v) is 11.1. The summed E-state index contributed by atoms with van der Waals surface area (Å²) in [6, 6.07) is 17.4. The fraction of sp³-hybridized carbons (Fsp3) is 0.308. The zero-order chi connectivity index (χ0) is 22.7. The molecule has 0 fully saturated rings. The molecule has 0 aromatic heterocycles. The van der Waals surface area contributed by atoms with Gasteiger partial charge in [-0.15, -0.1) is 0 Å². The van der Waals surface area contributed by atoms with E-state index >= 15 is 0 Å².